The predicted octanol–water partition coefficient (Wildman–Crippen LogP) is 3.40. The number of rotatable bonds is 7. The third-order valence-corrected chi connectivity index (χ3v) is 6.00. The Morgan fingerprint density at radius 3 is 2.07 bits per heavy atom. The number of anilines is 1. The van der Waals surface area contributed by atoms with Crippen LogP contribution < -0.4 is 4.31 Å². The first-order chi connectivity index (χ1) is 12.5. The summed E-state index contributed by atoms with van der Waals surface area (Å²) >= 11 is 0. The second-order valence-corrected chi connectivity index (χ2v) is 8.67. The first kappa shape index (κ1) is 20.6. The first-order valence-corrected chi connectivity index (χ1v) is 10.3. The van der Waals surface area contributed by atoms with Crippen LogP contribution in [0, 0.1) is 5.92 Å². The van der Waals surface area contributed by atoms with E-state index in [0.717, 1.165) is 16.1 Å². The van der Waals surface area contributed by atoms with Crippen LogP contribution in [0.4, 0.5) is 5.69 Å². The average molecular weight is 389 g/mol. The van der Waals surface area contributed by atoms with E-state index in [1.165, 1.54) is 25.2 Å². The van der Waals surface area contributed by atoms with Crippen LogP contribution in [0.1, 0.15) is 46.0 Å². The van der Waals surface area contributed by atoms with Crippen molar-refractivity contribution in [3.63, 3.8) is 0 Å². The Labute approximate surface area is 159 Å². The molecule has 0 aliphatic rings. The summed E-state index contributed by atoms with van der Waals surface area (Å²) in [6, 6.07) is 13.5. The fourth-order valence-electron chi connectivity index (χ4n) is 2.79. The molecular formula is C20H23NO5S. The van der Waals surface area contributed by atoms with E-state index in [9.17, 15) is 23.1 Å². The van der Waals surface area contributed by atoms with Gasteiger partial charge in [0, 0.05) is 18.5 Å². The minimum Gasteiger partial charge on any atom is -0.478 e. The lowest BCUT2D eigenvalue weighted by atomic mass is 9.83. The largest absolute Gasteiger partial charge is 0.478 e. The highest BCUT2D eigenvalue weighted by Crippen LogP contribution is 2.29. The van der Waals surface area contributed by atoms with Gasteiger partial charge < -0.3 is 5.11 Å². The quantitative estimate of drug-likeness (QED) is 0.733. The van der Waals surface area contributed by atoms with Gasteiger partial charge >= 0.3 is 5.97 Å². The maximum absolute atomic E-state index is 13.0. The zero-order chi connectivity index (χ0) is 20.4. The second-order valence-electron chi connectivity index (χ2n) is 6.66. The Bertz CT molecular complexity index is 954. The normalized spacial score (nSPS) is 13.6. The van der Waals surface area contributed by atoms with E-state index in [0.29, 0.717) is 0 Å². The first-order valence-electron chi connectivity index (χ1n) is 8.43. The molecule has 0 heterocycles. The van der Waals surface area contributed by atoms with Gasteiger partial charge in [0.05, 0.1) is 17.5 Å². The molecule has 2 rings (SSSR count). The van der Waals surface area contributed by atoms with Gasteiger partial charge in [-0.05, 0) is 29.7 Å². The van der Waals surface area contributed by atoms with Gasteiger partial charge in [-0.1, -0.05) is 44.2 Å². The molecule has 0 saturated carbocycles. The van der Waals surface area contributed by atoms with Gasteiger partial charge in [-0.3, -0.25) is 9.10 Å². The maximum atomic E-state index is 13.0. The molecule has 0 radical (unpaired) electrons. The SMILES string of the molecule is CC(C(=O)c1cc(C(=O)O)cc(N(C)S(C)(=O)=O)c1)[C@H](C)c1ccccc1. The number of aromatic carboxylic acids is 1. The number of hydrogen-bond donors (Lipinski definition) is 1. The highest BCUT2D eigenvalue weighted by molar-refractivity contribution is 7.92. The van der Waals surface area contributed by atoms with Crippen LogP contribution in [0.3, 0.4) is 0 Å². The average Bonchev–Trinajstić information content (AvgIpc) is 2.65. The number of carboxylic acid groups (broad SMARTS) is 1. The fourth-order valence-corrected chi connectivity index (χ4v) is 3.27. The minimum atomic E-state index is -3.59. The van der Waals surface area contributed by atoms with Crippen LogP contribution in [-0.2, 0) is 10.0 Å². The molecule has 0 fully saturated rings. The van der Waals surface area contributed by atoms with Gasteiger partial charge in [0.15, 0.2) is 5.78 Å². The van der Waals surface area contributed by atoms with Crippen molar-refractivity contribution in [2.75, 3.05) is 17.6 Å². The number of Topliss-reactive ketones (excluding diaryl/α,β-unsaturated/α-hetero) is 1. The molecule has 0 aliphatic carbocycles. The van der Waals surface area contributed by atoms with Crippen molar-refractivity contribution in [3.05, 3.63) is 65.2 Å². The van der Waals surface area contributed by atoms with Gasteiger partial charge in [-0.25, -0.2) is 13.2 Å². The highest BCUT2D eigenvalue weighted by atomic mass is 32.2. The van der Waals surface area contributed by atoms with E-state index in [4.69, 9.17) is 0 Å². The molecule has 2 atom stereocenters. The molecule has 7 heteroatoms. The van der Waals surface area contributed by atoms with Gasteiger partial charge in [0.25, 0.3) is 0 Å². The molecule has 0 saturated heterocycles. The van der Waals surface area contributed by atoms with Crippen molar-refractivity contribution in [2.24, 2.45) is 5.92 Å². The van der Waals surface area contributed by atoms with Gasteiger partial charge in [0.1, 0.15) is 0 Å². The monoisotopic (exact) mass is 389 g/mol. The third kappa shape index (κ3) is 4.74. The summed E-state index contributed by atoms with van der Waals surface area (Å²) < 4.78 is 24.6. The summed E-state index contributed by atoms with van der Waals surface area (Å²) in [6.45, 7) is 3.72. The molecule has 2 aromatic rings. The number of benzene rings is 2. The van der Waals surface area contributed by atoms with Crippen LogP contribution in [0.5, 0.6) is 0 Å². The Morgan fingerprint density at radius 2 is 1.56 bits per heavy atom. The topological polar surface area (TPSA) is 91.8 Å². The molecule has 1 unspecified atom stereocenters. The maximum Gasteiger partial charge on any atom is 0.335 e. The molecule has 6 nitrogen and oxygen atoms in total. The predicted molar refractivity (Wildman–Crippen MR) is 105 cm³/mol. The highest BCUT2D eigenvalue weighted by Gasteiger charge is 2.25. The standard InChI is InChI=1S/C20H23NO5S/c1-13(15-8-6-5-7-9-15)14(2)19(22)16-10-17(20(23)24)12-18(11-16)21(3)27(4,25)26/h5-14H,1-4H3,(H,23,24)/t13-,14?/m0/s1. The van der Waals surface area contributed by atoms with Gasteiger partial charge in [0.2, 0.25) is 10.0 Å². The minimum absolute atomic E-state index is 0.0803. The Morgan fingerprint density at radius 1 is 1.00 bits per heavy atom. The van der Waals surface area contributed by atoms with Crippen LogP contribution in [0.2, 0.25) is 0 Å². The Hall–Kier alpha value is -2.67. The van der Waals surface area contributed by atoms with Crippen LogP contribution in [-0.4, -0.2) is 38.6 Å². The molecule has 0 aromatic heterocycles. The van der Waals surface area contributed by atoms with Crippen molar-refractivity contribution >= 4 is 27.5 Å². The van der Waals surface area contributed by atoms with Crippen molar-refractivity contribution in [1.29, 1.82) is 0 Å². The molecular weight excluding hydrogens is 366 g/mol. The molecule has 27 heavy (non-hydrogen) atoms. The molecule has 2 aromatic carbocycles. The summed E-state index contributed by atoms with van der Waals surface area (Å²) in [7, 11) is -2.27. The lowest BCUT2D eigenvalue weighted by Crippen LogP contribution is -2.26. The Balaban J connectivity index is 2.45. The summed E-state index contributed by atoms with van der Waals surface area (Å²) in [6.07, 6.45) is 1.02. The molecule has 0 bridgehead atoms. The van der Waals surface area contributed by atoms with Crippen molar-refractivity contribution in [3.8, 4) is 0 Å². The van der Waals surface area contributed by atoms with E-state index in [1.807, 2.05) is 37.3 Å². The molecule has 144 valence electrons. The summed E-state index contributed by atoms with van der Waals surface area (Å²) in [4.78, 5) is 24.4. The summed E-state index contributed by atoms with van der Waals surface area (Å²) in [5.41, 5.74) is 1.18. The van der Waals surface area contributed by atoms with Gasteiger partial charge in [-0.15, -0.1) is 0 Å². The van der Waals surface area contributed by atoms with Gasteiger partial charge in [-0.2, -0.15) is 0 Å². The Kier molecular flexibility index (Phi) is 6.05. The summed E-state index contributed by atoms with van der Waals surface area (Å²) in [5, 5.41) is 9.35. The van der Waals surface area contributed by atoms with Crippen LogP contribution in [0.15, 0.2) is 48.5 Å². The fraction of sp³-hybridized carbons (Fsp3) is 0.300. The van der Waals surface area contributed by atoms with Crippen molar-refractivity contribution in [2.45, 2.75) is 19.8 Å². The van der Waals surface area contributed by atoms with Crippen LogP contribution in [0.25, 0.3) is 0 Å². The molecule has 0 spiro atoms. The smallest absolute Gasteiger partial charge is 0.335 e. The zero-order valence-corrected chi connectivity index (χ0v) is 16.5. The lowest BCUT2D eigenvalue weighted by Gasteiger charge is -2.21. The van der Waals surface area contributed by atoms with E-state index >= 15 is 0 Å². The number of carbonyl (C=O) groups is 2. The summed E-state index contributed by atoms with van der Waals surface area (Å²) in [5.74, 6) is -1.95. The molecule has 0 aliphatic heterocycles. The molecule has 1 N–H and O–H groups in total. The third-order valence-electron chi connectivity index (χ3n) is 4.80. The number of carbonyl (C=O) groups excluding carboxylic acids is 1. The van der Waals surface area contributed by atoms with Crippen LogP contribution >= 0.6 is 0 Å². The van der Waals surface area contributed by atoms with Crippen molar-refractivity contribution < 1.29 is 23.1 Å². The number of hydrogen-bond acceptors (Lipinski definition) is 4. The number of nitrogens with zero attached hydrogens (tertiary/aromatic N) is 1. The number of sulfonamides is 1. The van der Waals surface area contributed by atoms with E-state index in [1.54, 1.807) is 6.92 Å². The number of carboxylic acids is 1. The lowest BCUT2D eigenvalue weighted by molar-refractivity contribution is 0.0697. The second kappa shape index (κ2) is 7.92. The number of ketones is 1. The van der Waals surface area contributed by atoms with Crippen molar-refractivity contribution in [1.82, 2.24) is 0 Å². The van der Waals surface area contributed by atoms with E-state index < -0.39 is 21.9 Å². The van der Waals surface area contributed by atoms with E-state index in [-0.39, 0.29) is 28.5 Å². The molecule has 0 amide bonds. The zero-order valence-electron chi connectivity index (χ0n) is 15.7. The van der Waals surface area contributed by atoms with E-state index in [2.05, 4.69) is 0 Å².